The normalized spacial score (nSPS) is 21.2. The van der Waals surface area contributed by atoms with Gasteiger partial charge in [-0.3, -0.25) is 4.84 Å². The molecule has 0 spiro atoms. The molecular weight excluding hydrogens is 230 g/mol. The van der Waals surface area contributed by atoms with E-state index in [0.717, 1.165) is 17.7 Å². The minimum Gasteiger partial charge on any atom is -0.487 e. The van der Waals surface area contributed by atoms with Gasteiger partial charge in [0.15, 0.2) is 0 Å². The summed E-state index contributed by atoms with van der Waals surface area (Å²) in [6.45, 7) is 5.30. The van der Waals surface area contributed by atoms with E-state index in [1.807, 2.05) is 18.2 Å². The van der Waals surface area contributed by atoms with Crippen molar-refractivity contribution in [1.82, 2.24) is 5.48 Å². The van der Waals surface area contributed by atoms with Crippen LogP contribution in [0.15, 0.2) is 24.3 Å². The molecule has 18 heavy (non-hydrogen) atoms. The van der Waals surface area contributed by atoms with Crippen molar-refractivity contribution in [3.05, 3.63) is 29.8 Å². The molecule has 1 atom stereocenters. The second-order valence-electron chi connectivity index (χ2n) is 5.12. The van der Waals surface area contributed by atoms with Gasteiger partial charge in [0, 0.05) is 19.1 Å². The zero-order valence-electron chi connectivity index (χ0n) is 11.2. The zero-order chi connectivity index (χ0) is 13.0. The number of rotatable bonds is 5. The molecule has 4 heteroatoms. The molecular formula is C14H21NO3. The molecule has 0 radical (unpaired) electrons. The summed E-state index contributed by atoms with van der Waals surface area (Å²) in [6.07, 6.45) is 0.872. The highest BCUT2D eigenvalue weighted by atomic mass is 16.7. The Balaban J connectivity index is 2.05. The van der Waals surface area contributed by atoms with Crippen LogP contribution < -0.4 is 10.2 Å². The number of nitrogens with one attached hydrogen (secondary N) is 1. The summed E-state index contributed by atoms with van der Waals surface area (Å²) in [5.41, 5.74) is 4.07. The number of ether oxygens (including phenoxy) is 2. The number of benzene rings is 1. The summed E-state index contributed by atoms with van der Waals surface area (Å²) < 4.78 is 10.9. The molecule has 0 fully saturated rings. The summed E-state index contributed by atoms with van der Waals surface area (Å²) >= 11 is 0. The van der Waals surface area contributed by atoms with Gasteiger partial charge in [-0.2, -0.15) is 5.48 Å². The molecule has 1 N–H and O–H groups in total. The summed E-state index contributed by atoms with van der Waals surface area (Å²) in [4.78, 5) is 5.43. The highest BCUT2D eigenvalue weighted by Gasteiger charge is 2.33. The molecule has 0 saturated carbocycles. The molecule has 4 nitrogen and oxygen atoms in total. The quantitative estimate of drug-likeness (QED) is 0.644. The third-order valence-electron chi connectivity index (χ3n) is 2.99. The van der Waals surface area contributed by atoms with Gasteiger partial charge in [-0.1, -0.05) is 18.2 Å². The van der Waals surface area contributed by atoms with Gasteiger partial charge in [-0.05, 0) is 19.9 Å². The lowest BCUT2D eigenvalue weighted by atomic mass is 9.90. The molecule has 0 aliphatic carbocycles. The minimum absolute atomic E-state index is 0.154. The van der Waals surface area contributed by atoms with Gasteiger partial charge in [-0.25, -0.2) is 0 Å². The summed E-state index contributed by atoms with van der Waals surface area (Å²) in [5.74, 6) is 0.932. The third-order valence-corrected chi connectivity index (χ3v) is 2.99. The first kappa shape index (κ1) is 13.3. The highest BCUT2D eigenvalue weighted by Crippen LogP contribution is 2.39. The first-order valence-electron chi connectivity index (χ1n) is 6.26. The van der Waals surface area contributed by atoms with Gasteiger partial charge in [0.2, 0.25) is 0 Å². The molecule has 2 rings (SSSR count). The maximum absolute atomic E-state index is 5.96. The monoisotopic (exact) mass is 251 g/mol. The molecule has 1 aliphatic rings. The van der Waals surface area contributed by atoms with Crippen LogP contribution in [0, 0.1) is 0 Å². The minimum atomic E-state index is -0.184. The lowest BCUT2D eigenvalue weighted by Gasteiger charge is -2.37. The number of para-hydroxylation sites is 1. The fraction of sp³-hybridized carbons (Fsp3) is 0.571. The van der Waals surface area contributed by atoms with Crippen LogP contribution >= 0.6 is 0 Å². The number of hydrogen-bond donors (Lipinski definition) is 1. The molecule has 1 aromatic carbocycles. The van der Waals surface area contributed by atoms with Crippen molar-refractivity contribution in [2.75, 3.05) is 20.3 Å². The fourth-order valence-corrected chi connectivity index (χ4v) is 2.19. The van der Waals surface area contributed by atoms with E-state index < -0.39 is 0 Å². The van der Waals surface area contributed by atoms with Gasteiger partial charge in [0.1, 0.15) is 11.4 Å². The van der Waals surface area contributed by atoms with Crippen LogP contribution in [0.25, 0.3) is 0 Å². The maximum Gasteiger partial charge on any atom is 0.124 e. The summed E-state index contributed by atoms with van der Waals surface area (Å²) in [5, 5.41) is 0. The van der Waals surface area contributed by atoms with E-state index in [0.29, 0.717) is 13.2 Å². The summed E-state index contributed by atoms with van der Waals surface area (Å²) in [6, 6.07) is 8.23. The lowest BCUT2D eigenvalue weighted by Crippen LogP contribution is -2.39. The van der Waals surface area contributed by atoms with Crippen molar-refractivity contribution in [3.63, 3.8) is 0 Å². The second kappa shape index (κ2) is 5.69. The van der Waals surface area contributed by atoms with E-state index in [1.54, 1.807) is 7.11 Å². The molecule has 0 bridgehead atoms. The molecule has 0 saturated heterocycles. The van der Waals surface area contributed by atoms with Gasteiger partial charge in [0.25, 0.3) is 0 Å². The van der Waals surface area contributed by atoms with Crippen LogP contribution in [-0.2, 0) is 9.57 Å². The number of hydroxylamine groups is 1. The number of fused-ring (bicyclic) bond motifs is 1. The Bertz CT molecular complexity index is 392. The van der Waals surface area contributed by atoms with Crippen molar-refractivity contribution < 1.29 is 14.3 Å². The van der Waals surface area contributed by atoms with Crippen molar-refractivity contribution >= 4 is 0 Å². The Hall–Kier alpha value is -1.10. The Kier molecular flexibility index (Phi) is 4.22. The van der Waals surface area contributed by atoms with E-state index in [2.05, 4.69) is 25.4 Å². The molecule has 0 amide bonds. The Morgan fingerprint density at radius 2 is 2.11 bits per heavy atom. The SMILES string of the molecule is COCCONC1CC(C)(C)Oc2ccccc21. The van der Waals surface area contributed by atoms with Crippen LogP contribution in [0.3, 0.4) is 0 Å². The second-order valence-corrected chi connectivity index (χ2v) is 5.12. The van der Waals surface area contributed by atoms with E-state index in [-0.39, 0.29) is 11.6 Å². The molecule has 1 aromatic rings. The Labute approximate surface area is 108 Å². The van der Waals surface area contributed by atoms with Gasteiger partial charge < -0.3 is 9.47 Å². The Morgan fingerprint density at radius 3 is 2.89 bits per heavy atom. The predicted molar refractivity (Wildman–Crippen MR) is 69.5 cm³/mol. The topological polar surface area (TPSA) is 39.7 Å². The molecule has 0 aromatic heterocycles. The standard InChI is InChI=1S/C14H21NO3/c1-14(2)10-12(15-17-9-8-16-3)11-6-4-5-7-13(11)18-14/h4-7,12,15H,8-10H2,1-3H3. The van der Waals surface area contributed by atoms with E-state index in [1.165, 1.54) is 0 Å². The molecule has 1 unspecified atom stereocenters. The predicted octanol–water partition coefficient (Wildman–Crippen LogP) is 2.46. The van der Waals surface area contributed by atoms with E-state index in [9.17, 15) is 0 Å². The highest BCUT2D eigenvalue weighted by molar-refractivity contribution is 5.38. The van der Waals surface area contributed by atoms with E-state index in [4.69, 9.17) is 14.3 Å². The average molecular weight is 251 g/mol. The van der Waals surface area contributed by atoms with Crippen LogP contribution in [0.4, 0.5) is 0 Å². The van der Waals surface area contributed by atoms with E-state index >= 15 is 0 Å². The van der Waals surface area contributed by atoms with Crippen LogP contribution in [-0.4, -0.2) is 25.9 Å². The van der Waals surface area contributed by atoms with Crippen molar-refractivity contribution in [2.24, 2.45) is 0 Å². The van der Waals surface area contributed by atoms with Crippen LogP contribution in [0.2, 0.25) is 0 Å². The van der Waals surface area contributed by atoms with Crippen LogP contribution in [0.5, 0.6) is 5.75 Å². The smallest absolute Gasteiger partial charge is 0.124 e. The number of methoxy groups -OCH3 is 1. The van der Waals surface area contributed by atoms with Crippen molar-refractivity contribution in [3.8, 4) is 5.75 Å². The third kappa shape index (κ3) is 3.22. The van der Waals surface area contributed by atoms with Gasteiger partial charge in [0.05, 0.1) is 19.3 Å². The van der Waals surface area contributed by atoms with Gasteiger partial charge in [-0.15, -0.1) is 0 Å². The van der Waals surface area contributed by atoms with Crippen molar-refractivity contribution in [1.29, 1.82) is 0 Å². The maximum atomic E-state index is 5.96. The lowest BCUT2D eigenvalue weighted by molar-refractivity contribution is -0.0375. The van der Waals surface area contributed by atoms with Gasteiger partial charge >= 0.3 is 0 Å². The first-order valence-corrected chi connectivity index (χ1v) is 6.26. The fourth-order valence-electron chi connectivity index (χ4n) is 2.19. The molecule has 1 aliphatic heterocycles. The Morgan fingerprint density at radius 1 is 1.33 bits per heavy atom. The summed E-state index contributed by atoms with van der Waals surface area (Å²) in [7, 11) is 1.66. The first-order chi connectivity index (χ1) is 8.62. The molecule has 100 valence electrons. The molecule has 1 heterocycles. The largest absolute Gasteiger partial charge is 0.487 e. The average Bonchev–Trinajstić information content (AvgIpc) is 2.33. The van der Waals surface area contributed by atoms with Crippen LogP contribution in [0.1, 0.15) is 31.9 Å². The number of hydrogen-bond acceptors (Lipinski definition) is 4. The van der Waals surface area contributed by atoms with Crippen molar-refractivity contribution in [2.45, 2.75) is 31.9 Å². The zero-order valence-corrected chi connectivity index (χ0v) is 11.2.